The molecule has 2 atom stereocenters. The van der Waals surface area contributed by atoms with Crippen LogP contribution in [0.25, 0.3) is 0 Å². The zero-order valence-corrected chi connectivity index (χ0v) is 22.5. The highest BCUT2D eigenvalue weighted by molar-refractivity contribution is 7.92. The lowest BCUT2D eigenvalue weighted by Crippen LogP contribution is -2.52. The molecule has 35 heavy (non-hydrogen) atoms. The molecular formula is C26H37N3O5S. The Morgan fingerprint density at radius 1 is 1.06 bits per heavy atom. The van der Waals surface area contributed by atoms with E-state index in [0.717, 1.165) is 33.7 Å². The maximum Gasteiger partial charge on any atom is 0.244 e. The predicted octanol–water partition coefficient (Wildman–Crippen LogP) is 3.41. The van der Waals surface area contributed by atoms with Gasteiger partial charge in [0, 0.05) is 12.6 Å². The van der Waals surface area contributed by atoms with Gasteiger partial charge in [-0.25, -0.2) is 8.42 Å². The summed E-state index contributed by atoms with van der Waals surface area (Å²) in [6.45, 7) is 8.82. The molecule has 2 unspecified atom stereocenters. The van der Waals surface area contributed by atoms with E-state index in [-0.39, 0.29) is 18.5 Å². The van der Waals surface area contributed by atoms with Crippen LogP contribution in [0.4, 0.5) is 5.69 Å². The van der Waals surface area contributed by atoms with Crippen molar-refractivity contribution < 1.29 is 22.7 Å². The van der Waals surface area contributed by atoms with E-state index in [2.05, 4.69) is 5.32 Å². The van der Waals surface area contributed by atoms with Crippen molar-refractivity contribution in [3.05, 3.63) is 59.2 Å². The zero-order valence-electron chi connectivity index (χ0n) is 21.7. The van der Waals surface area contributed by atoms with Gasteiger partial charge >= 0.3 is 0 Å². The summed E-state index contributed by atoms with van der Waals surface area (Å²) in [5, 5.41) is 2.92. The summed E-state index contributed by atoms with van der Waals surface area (Å²) in [4.78, 5) is 28.1. The summed E-state index contributed by atoms with van der Waals surface area (Å²) < 4.78 is 32.0. The average Bonchev–Trinajstić information content (AvgIpc) is 2.80. The molecule has 192 valence electrons. The topological polar surface area (TPSA) is 96.0 Å². The number of carbonyl (C=O) groups excluding carboxylic acids is 2. The van der Waals surface area contributed by atoms with Crippen molar-refractivity contribution in [3.63, 3.8) is 0 Å². The number of rotatable bonds is 11. The fourth-order valence-electron chi connectivity index (χ4n) is 3.79. The van der Waals surface area contributed by atoms with Gasteiger partial charge in [0.2, 0.25) is 21.8 Å². The van der Waals surface area contributed by atoms with Crippen LogP contribution in [0.3, 0.4) is 0 Å². The number of para-hydroxylation sites is 1. The van der Waals surface area contributed by atoms with E-state index in [1.807, 2.05) is 26.0 Å². The number of methoxy groups -OCH3 is 1. The Morgan fingerprint density at radius 3 is 2.20 bits per heavy atom. The van der Waals surface area contributed by atoms with E-state index < -0.39 is 28.5 Å². The second-order valence-corrected chi connectivity index (χ2v) is 10.8. The molecule has 0 saturated heterocycles. The summed E-state index contributed by atoms with van der Waals surface area (Å²) in [5.74, 6) is -0.152. The van der Waals surface area contributed by atoms with Gasteiger partial charge in [-0.15, -0.1) is 0 Å². The first kappa shape index (κ1) is 28.2. The highest BCUT2D eigenvalue weighted by atomic mass is 32.2. The zero-order chi connectivity index (χ0) is 26.3. The van der Waals surface area contributed by atoms with Crippen molar-refractivity contribution in [2.75, 3.05) is 24.2 Å². The van der Waals surface area contributed by atoms with Crippen molar-refractivity contribution in [1.29, 1.82) is 0 Å². The summed E-state index contributed by atoms with van der Waals surface area (Å²) in [5.41, 5.74) is 2.72. The summed E-state index contributed by atoms with van der Waals surface area (Å²) in [7, 11) is -2.22. The maximum atomic E-state index is 13.7. The van der Waals surface area contributed by atoms with E-state index in [0.29, 0.717) is 11.4 Å². The van der Waals surface area contributed by atoms with Gasteiger partial charge < -0.3 is 15.0 Å². The summed E-state index contributed by atoms with van der Waals surface area (Å²) >= 11 is 0. The second-order valence-electron chi connectivity index (χ2n) is 8.88. The van der Waals surface area contributed by atoms with Crippen molar-refractivity contribution >= 4 is 27.5 Å². The standard InChI is InChI=1S/C26H37N3O5S/c1-8-20(4)27-26(31)21(5)28(16-22-13-10-14-23(15-22)34-6)24(30)17-29(35(7,32)33)25-18(2)11-9-12-19(25)3/h9-15,20-21H,8,16-17H2,1-7H3,(H,27,31). The van der Waals surface area contributed by atoms with E-state index in [4.69, 9.17) is 4.74 Å². The minimum absolute atomic E-state index is 0.0548. The molecule has 1 N–H and O–H groups in total. The molecule has 9 heteroatoms. The number of anilines is 1. The maximum absolute atomic E-state index is 13.7. The third-order valence-electron chi connectivity index (χ3n) is 6.02. The molecule has 2 amide bonds. The van der Waals surface area contributed by atoms with E-state index in [1.54, 1.807) is 58.2 Å². The van der Waals surface area contributed by atoms with Crippen LogP contribution in [-0.4, -0.2) is 57.1 Å². The monoisotopic (exact) mass is 503 g/mol. The number of carbonyl (C=O) groups is 2. The van der Waals surface area contributed by atoms with E-state index in [9.17, 15) is 18.0 Å². The number of nitrogens with zero attached hydrogens (tertiary/aromatic N) is 2. The van der Waals surface area contributed by atoms with Gasteiger partial charge in [-0.3, -0.25) is 13.9 Å². The van der Waals surface area contributed by atoms with E-state index >= 15 is 0 Å². The molecule has 2 aromatic carbocycles. The first-order valence-corrected chi connectivity index (χ1v) is 13.5. The first-order chi connectivity index (χ1) is 16.4. The molecule has 2 aromatic rings. The fraction of sp³-hybridized carbons (Fsp3) is 0.462. The molecule has 0 fully saturated rings. The van der Waals surface area contributed by atoms with Crippen LogP contribution < -0.4 is 14.4 Å². The molecule has 0 aromatic heterocycles. The van der Waals surface area contributed by atoms with Gasteiger partial charge in [0.1, 0.15) is 18.3 Å². The Kier molecular flexibility index (Phi) is 9.71. The minimum Gasteiger partial charge on any atom is -0.497 e. The van der Waals surface area contributed by atoms with E-state index in [1.165, 1.54) is 4.90 Å². The number of benzene rings is 2. The van der Waals surface area contributed by atoms with Crippen LogP contribution in [0.5, 0.6) is 5.75 Å². The van der Waals surface area contributed by atoms with Crippen LogP contribution in [0.2, 0.25) is 0 Å². The largest absolute Gasteiger partial charge is 0.497 e. The third-order valence-corrected chi connectivity index (χ3v) is 7.14. The molecule has 0 heterocycles. The Balaban J connectivity index is 2.46. The molecular weight excluding hydrogens is 466 g/mol. The van der Waals surface area contributed by atoms with Gasteiger partial charge in [-0.05, 0) is 62.9 Å². The van der Waals surface area contributed by atoms with Crippen LogP contribution in [-0.2, 0) is 26.2 Å². The van der Waals surface area contributed by atoms with Crippen LogP contribution in [0.15, 0.2) is 42.5 Å². The second kappa shape index (κ2) is 12.1. The number of amides is 2. The Labute approximate surface area is 209 Å². The third kappa shape index (κ3) is 7.45. The van der Waals surface area contributed by atoms with Crippen molar-refractivity contribution in [1.82, 2.24) is 10.2 Å². The van der Waals surface area contributed by atoms with Crippen molar-refractivity contribution in [3.8, 4) is 5.75 Å². The number of hydrogen-bond donors (Lipinski definition) is 1. The highest BCUT2D eigenvalue weighted by Crippen LogP contribution is 2.27. The van der Waals surface area contributed by atoms with Gasteiger partial charge in [-0.2, -0.15) is 0 Å². The predicted molar refractivity (Wildman–Crippen MR) is 139 cm³/mol. The minimum atomic E-state index is -3.78. The number of aryl methyl sites for hydroxylation is 2. The van der Waals surface area contributed by atoms with Gasteiger partial charge in [-0.1, -0.05) is 37.3 Å². The van der Waals surface area contributed by atoms with Crippen LogP contribution in [0.1, 0.15) is 43.9 Å². The highest BCUT2D eigenvalue weighted by Gasteiger charge is 2.31. The average molecular weight is 504 g/mol. The smallest absolute Gasteiger partial charge is 0.244 e. The molecule has 8 nitrogen and oxygen atoms in total. The number of sulfonamides is 1. The number of hydrogen-bond acceptors (Lipinski definition) is 5. The first-order valence-electron chi connectivity index (χ1n) is 11.7. The van der Waals surface area contributed by atoms with Crippen LogP contribution >= 0.6 is 0 Å². The lowest BCUT2D eigenvalue weighted by atomic mass is 10.1. The Bertz CT molecular complexity index is 1130. The molecule has 0 radical (unpaired) electrons. The summed E-state index contributed by atoms with van der Waals surface area (Å²) in [6, 6.07) is 11.8. The molecule has 0 saturated carbocycles. The number of ether oxygens (including phenoxy) is 1. The number of nitrogens with one attached hydrogen (secondary N) is 1. The van der Waals surface area contributed by atoms with Gasteiger partial charge in [0.25, 0.3) is 0 Å². The lowest BCUT2D eigenvalue weighted by Gasteiger charge is -2.33. The quantitative estimate of drug-likeness (QED) is 0.507. The fourth-order valence-corrected chi connectivity index (χ4v) is 4.76. The summed E-state index contributed by atoms with van der Waals surface area (Å²) in [6.07, 6.45) is 1.83. The molecule has 0 aliphatic heterocycles. The molecule has 0 spiro atoms. The van der Waals surface area contributed by atoms with Crippen molar-refractivity contribution in [2.24, 2.45) is 0 Å². The molecule has 2 rings (SSSR count). The van der Waals surface area contributed by atoms with Crippen LogP contribution in [0, 0.1) is 13.8 Å². The Morgan fingerprint density at radius 2 is 1.66 bits per heavy atom. The normalized spacial score (nSPS) is 13.0. The van der Waals surface area contributed by atoms with Gasteiger partial charge in [0.15, 0.2) is 0 Å². The lowest BCUT2D eigenvalue weighted by molar-refractivity contribution is -0.139. The molecule has 0 aliphatic carbocycles. The Hall–Kier alpha value is -3.07. The van der Waals surface area contributed by atoms with Gasteiger partial charge in [0.05, 0.1) is 19.1 Å². The SMILES string of the molecule is CCC(C)NC(=O)C(C)N(Cc1cccc(OC)c1)C(=O)CN(c1c(C)cccc1C)S(C)(=O)=O. The molecule has 0 bridgehead atoms. The van der Waals surface area contributed by atoms with Crippen molar-refractivity contribution in [2.45, 2.75) is 59.7 Å². The molecule has 0 aliphatic rings.